The van der Waals surface area contributed by atoms with E-state index in [1.165, 1.54) is 0 Å². The van der Waals surface area contributed by atoms with Gasteiger partial charge in [-0.05, 0) is 36.4 Å². The minimum Gasteiger partial charge on any atom is -0.344 e. The quantitative estimate of drug-likeness (QED) is 0.407. The van der Waals surface area contributed by atoms with E-state index in [1.54, 1.807) is 6.20 Å². The fourth-order valence-electron chi connectivity index (χ4n) is 4.46. The maximum absolute atomic E-state index is 13.8. The van der Waals surface area contributed by atoms with Gasteiger partial charge in [0.1, 0.15) is 0 Å². The van der Waals surface area contributed by atoms with Gasteiger partial charge in [-0.2, -0.15) is 5.10 Å². The molecule has 1 saturated heterocycles. The standard InChI is InChI=1S/C28H30N6O/c1-33-15-17-34(18-16-33)20-26(22-11-6-3-7-12-22)30-28(35)24(21-9-4-2-5-10-21)19-25-23-13-8-14-29-27(23)32-31-25/h2-14,19,26H,15-18,20H2,1H3,(H,30,35)(H,29,31,32)/t26-/m1/s1. The highest BCUT2D eigenvalue weighted by molar-refractivity contribution is 6.24. The van der Waals surface area contributed by atoms with Gasteiger partial charge in [0.25, 0.3) is 5.91 Å². The summed E-state index contributed by atoms with van der Waals surface area (Å²) in [6.45, 7) is 4.81. The first-order valence-corrected chi connectivity index (χ1v) is 12.0. The van der Waals surface area contributed by atoms with Crippen molar-refractivity contribution >= 4 is 28.6 Å². The number of hydrogen-bond acceptors (Lipinski definition) is 5. The number of carbonyl (C=O) groups is 1. The lowest BCUT2D eigenvalue weighted by Gasteiger charge is -2.35. The average Bonchev–Trinajstić information content (AvgIpc) is 3.32. The van der Waals surface area contributed by atoms with E-state index >= 15 is 0 Å². The second-order valence-electron chi connectivity index (χ2n) is 8.97. The number of aromatic amines is 1. The van der Waals surface area contributed by atoms with Crippen LogP contribution < -0.4 is 5.32 Å². The number of likely N-dealkylation sites (N-methyl/N-ethyl adjacent to an activating group) is 1. The molecule has 1 aliphatic heterocycles. The minimum atomic E-state index is -0.128. The first-order chi connectivity index (χ1) is 17.2. The van der Waals surface area contributed by atoms with Crippen molar-refractivity contribution in [2.75, 3.05) is 39.8 Å². The molecule has 2 N–H and O–H groups in total. The Labute approximate surface area is 205 Å². The molecule has 0 unspecified atom stereocenters. The fraction of sp³-hybridized carbons (Fsp3) is 0.250. The Morgan fingerprint density at radius 1 is 1.00 bits per heavy atom. The molecule has 0 bridgehead atoms. The van der Waals surface area contributed by atoms with Crippen LogP contribution in [0.25, 0.3) is 22.7 Å². The zero-order valence-electron chi connectivity index (χ0n) is 19.9. The number of H-pyrrole nitrogens is 1. The van der Waals surface area contributed by atoms with Crippen molar-refractivity contribution in [1.82, 2.24) is 30.3 Å². The van der Waals surface area contributed by atoms with Crippen LogP contribution >= 0.6 is 0 Å². The van der Waals surface area contributed by atoms with Gasteiger partial charge >= 0.3 is 0 Å². The van der Waals surface area contributed by atoms with Gasteiger partial charge in [0.2, 0.25) is 0 Å². The maximum atomic E-state index is 13.8. The van der Waals surface area contributed by atoms with Crippen molar-refractivity contribution in [3.05, 3.63) is 95.8 Å². The first-order valence-electron chi connectivity index (χ1n) is 12.0. The third kappa shape index (κ3) is 5.48. The number of carbonyl (C=O) groups excluding carboxylic acids is 1. The molecule has 4 aromatic rings. The lowest BCUT2D eigenvalue weighted by atomic mass is 10.0. The molecule has 0 aliphatic carbocycles. The molecule has 35 heavy (non-hydrogen) atoms. The van der Waals surface area contributed by atoms with Crippen LogP contribution in [0.1, 0.15) is 22.9 Å². The van der Waals surface area contributed by atoms with Gasteiger partial charge in [-0.15, -0.1) is 0 Å². The summed E-state index contributed by atoms with van der Waals surface area (Å²) in [7, 11) is 2.15. The Morgan fingerprint density at radius 2 is 1.71 bits per heavy atom. The summed E-state index contributed by atoms with van der Waals surface area (Å²) in [4.78, 5) is 22.9. The molecule has 3 heterocycles. The van der Waals surface area contributed by atoms with E-state index in [4.69, 9.17) is 0 Å². The number of hydrogen-bond donors (Lipinski definition) is 2. The molecular formula is C28H30N6O. The van der Waals surface area contributed by atoms with Crippen LogP contribution in [0.15, 0.2) is 79.0 Å². The second-order valence-corrected chi connectivity index (χ2v) is 8.97. The van der Waals surface area contributed by atoms with Gasteiger partial charge in [0.15, 0.2) is 5.65 Å². The average molecular weight is 467 g/mol. The molecule has 0 radical (unpaired) electrons. The molecular weight excluding hydrogens is 436 g/mol. The summed E-state index contributed by atoms with van der Waals surface area (Å²) >= 11 is 0. The number of piperazine rings is 1. The van der Waals surface area contributed by atoms with Crippen molar-refractivity contribution < 1.29 is 4.79 Å². The smallest absolute Gasteiger partial charge is 0.252 e. The Bertz CT molecular complexity index is 1290. The highest BCUT2D eigenvalue weighted by Crippen LogP contribution is 2.24. The van der Waals surface area contributed by atoms with Crippen LogP contribution in [0.5, 0.6) is 0 Å². The number of amides is 1. The number of fused-ring (bicyclic) bond motifs is 1. The summed E-state index contributed by atoms with van der Waals surface area (Å²) in [5.74, 6) is -0.126. The summed E-state index contributed by atoms with van der Waals surface area (Å²) in [5, 5.41) is 11.6. The lowest BCUT2D eigenvalue weighted by Crippen LogP contribution is -2.47. The SMILES string of the molecule is CN1CCN(C[C@@H](NC(=O)C(=Cc2n[nH]c3ncccc23)c2ccccc2)c2ccccc2)CC1. The number of benzene rings is 2. The third-order valence-corrected chi connectivity index (χ3v) is 6.52. The number of nitrogens with one attached hydrogen (secondary N) is 2. The Hall–Kier alpha value is -3.81. The monoisotopic (exact) mass is 466 g/mol. The van der Waals surface area contributed by atoms with Crippen molar-refractivity contribution in [2.24, 2.45) is 0 Å². The zero-order valence-corrected chi connectivity index (χ0v) is 19.9. The van der Waals surface area contributed by atoms with Crippen molar-refractivity contribution in [3.8, 4) is 0 Å². The molecule has 7 nitrogen and oxygen atoms in total. The largest absolute Gasteiger partial charge is 0.344 e. The second kappa shape index (κ2) is 10.6. The first kappa shape index (κ1) is 23.0. The van der Waals surface area contributed by atoms with Gasteiger partial charge in [0, 0.05) is 49.9 Å². The van der Waals surface area contributed by atoms with E-state index in [0.29, 0.717) is 16.9 Å². The molecule has 1 atom stereocenters. The molecule has 0 spiro atoms. The fourth-order valence-corrected chi connectivity index (χ4v) is 4.46. The topological polar surface area (TPSA) is 77.1 Å². The van der Waals surface area contributed by atoms with E-state index in [9.17, 15) is 4.79 Å². The number of pyridine rings is 1. The van der Waals surface area contributed by atoms with Crippen LogP contribution in [0.3, 0.4) is 0 Å². The summed E-state index contributed by atoms with van der Waals surface area (Å²) in [6.07, 6.45) is 3.57. The number of aromatic nitrogens is 3. The third-order valence-electron chi connectivity index (χ3n) is 6.52. The van der Waals surface area contributed by atoms with Gasteiger partial charge in [-0.1, -0.05) is 60.7 Å². The molecule has 1 fully saturated rings. The molecule has 2 aromatic carbocycles. The molecule has 5 rings (SSSR count). The van der Waals surface area contributed by atoms with E-state index in [2.05, 4.69) is 49.5 Å². The number of nitrogens with zero attached hydrogens (tertiary/aromatic N) is 4. The Morgan fingerprint density at radius 3 is 2.46 bits per heavy atom. The highest BCUT2D eigenvalue weighted by Gasteiger charge is 2.23. The van der Waals surface area contributed by atoms with Gasteiger partial charge in [-0.25, -0.2) is 4.98 Å². The number of rotatable bonds is 7. The van der Waals surface area contributed by atoms with E-state index in [0.717, 1.165) is 49.2 Å². The molecule has 7 heteroatoms. The van der Waals surface area contributed by atoms with Gasteiger partial charge in [-0.3, -0.25) is 14.8 Å². The van der Waals surface area contributed by atoms with Crippen LogP contribution in [0.2, 0.25) is 0 Å². The van der Waals surface area contributed by atoms with Crippen molar-refractivity contribution in [1.29, 1.82) is 0 Å². The predicted octanol–water partition coefficient (Wildman–Crippen LogP) is 3.60. The van der Waals surface area contributed by atoms with Gasteiger partial charge < -0.3 is 10.2 Å². The van der Waals surface area contributed by atoms with Crippen molar-refractivity contribution in [3.63, 3.8) is 0 Å². The van der Waals surface area contributed by atoms with E-state index in [-0.39, 0.29) is 11.9 Å². The van der Waals surface area contributed by atoms with E-state index < -0.39 is 0 Å². The molecule has 1 amide bonds. The summed E-state index contributed by atoms with van der Waals surface area (Å²) < 4.78 is 0. The normalized spacial score (nSPS) is 16.3. The maximum Gasteiger partial charge on any atom is 0.252 e. The molecule has 2 aromatic heterocycles. The molecule has 1 aliphatic rings. The van der Waals surface area contributed by atoms with Crippen LogP contribution in [-0.4, -0.2) is 70.7 Å². The molecule has 0 saturated carbocycles. The van der Waals surface area contributed by atoms with Crippen LogP contribution in [0, 0.1) is 0 Å². The Balaban J connectivity index is 1.46. The van der Waals surface area contributed by atoms with Crippen molar-refractivity contribution in [2.45, 2.75) is 6.04 Å². The zero-order chi connectivity index (χ0) is 24.0. The highest BCUT2D eigenvalue weighted by atomic mass is 16.1. The summed E-state index contributed by atoms with van der Waals surface area (Å²) in [6, 6.07) is 23.7. The van der Waals surface area contributed by atoms with E-state index in [1.807, 2.05) is 66.7 Å². The van der Waals surface area contributed by atoms with Gasteiger partial charge in [0.05, 0.1) is 11.7 Å². The predicted molar refractivity (Wildman–Crippen MR) is 139 cm³/mol. The molecule has 178 valence electrons. The van der Waals surface area contributed by atoms with Crippen LogP contribution in [0.4, 0.5) is 0 Å². The lowest BCUT2D eigenvalue weighted by molar-refractivity contribution is -0.116. The Kier molecular flexibility index (Phi) is 6.97. The summed E-state index contributed by atoms with van der Waals surface area (Å²) in [5.41, 5.74) is 3.90. The minimum absolute atomic E-state index is 0.126. The van der Waals surface area contributed by atoms with Crippen LogP contribution in [-0.2, 0) is 4.79 Å².